The molecule has 0 aliphatic rings. The van der Waals surface area contributed by atoms with E-state index in [1.54, 1.807) is 36.4 Å². The molecule has 2 aromatic rings. The number of rotatable bonds is 6. The van der Waals surface area contributed by atoms with Gasteiger partial charge in [-0.15, -0.1) is 0 Å². The van der Waals surface area contributed by atoms with Gasteiger partial charge in [-0.25, -0.2) is 4.79 Å². The standard InChI is InChI=1S/C23H25N3O4/c1-15(25-21(28)16-9-11-18(12-10-16)23(2,3)4)22(29)30-14-20(27)26-19-8-6-5-7-17(19)13-24/h5-12,15H,14H2,1-4H3,(H,25,28)(H,26,27)/t15-/m0/s1. The molecule has 0 radical (unpaired) electrons. The van der Waals surface area contributed by atoms with E-state index < -0.39 is 30.4 Å². The molecule has 2 amide bonds. The summed E-state index contributed by atoms with van der Waals surface area (Å²) in [5.41, 5.74) is 2.13. The van der Waals surface area contributed by atoms with Crippen LogP contribution in [0.15, 0.2) is 48.5 Å². The quantitative estimate of drug-likeness (QED) is 0.715. The maximum Gasteiger partial charge on any atom is 0.328 e. The van der Waals surface area contributed by atoms with E-state index in [-0.39, 0.29) is 5.41 Å². The van der Waals surface area contributed by atoms with Crippen LogP contribution in [0.4, 0.5) is 5.69 Å². The maximum absolute atomic E-state index is 12.3. The van der Waals surface area contributed by atoms with Gasteiger partial charge in [0.2, 0.25) is 0 Å². The normalized spacial score (nSPS) is 11.7. The molecule has 2 rings (SSSR count). The summed E-state index contributed by atoms with van der Waals surface area (Å²) in [6, 6.07) is 14.7. The molecule has 0 aliphatic carbocycles. The second kappa shape index (κ2) is 9.70. The number of hydrogen-bond donors (Lipinski definition) is 2. The highest BCUT2D eigenvalue weighted by Gasteiger charge is 2.20. The zero-order valence-corrected chi connectivity index (χ0v) is 17.5. The monoisotopic (exact) mass is 407 g/mol. The van der Waals surface area contributed by atoms with Crippen LogP contribution in [0.25, 0.3) is 0 Å². The minimum absolute atomic E-state index is 0.0274. The molecule has 0 unspecified atom stereocenters. The molecule has 0 spiro atoms. The van der Waals surface area contributed by atoms with Gasteiger partial charge in [-0.1, -0.05) is 45.0 Å². The van der Waals surface area contributed by atoms with Crippen molar-refractivity contribution >= 4 is 23.5 Å². The summed E-state index contributed by atoms with van der Waals surface area (Å²) in [5, 5.41) is 14.1. The Kier molecular flexibility index (Phi) is 7.32. The van der Waals surface area contributed by atoms with E-state index in [0.29, 0.717) is 16.8 Å². The second-order valence-electron chi connectivity index (χ2n) is 7.84. The molecule has 30 heavy (non-hydrogen) atoms. The van der Waals surface area contributed by atoms with Crippen molar-refractivity contribution in [3.63, 3.8) is 0 Å². The van der Waals surface area contributed by atoms with Crippen molar-refractivity contribution < 1.29 is 19.1 Å². The number of nitriles is 1. The van der Waals surface area contributed by atoms with Crippen molar-refractivity contribution in [3.05, 3.63) is 65.2 Å². The van der Waals surface area contributed by atoms with Crippen molar-refractivity contribution in [1.82, 2.24) is 5.32 Å². The fourth-order valence-corrected chi connectivity index (χ4v) is 2.60. The van der Waals surface area contributed by atoms with Gasteiger partial charge in [-0.2, -0.15) is 5.26 Å². The summed E-state index contributed by atoms with van der Waals surface area (Å²) < 4.78 is 4.96. The lowest BCUT2D eigenvalue weighted by atomic mass is 9.86. The van der Waals surface area contributed by atoms with Crippen molar-refractivity contribution in [2.24, 2.45) is 0 Å². The molecular weight excluding hydrogens is 382 g/mol. The Bertz CT molecular complexity index is 969. The third-order valence-electron chi connectivity index (χ3n) is 4.38. The highest BCUT2D eigenvalue weighted by molar-refractivity contribution is 5.97. The predicted molar refractivity (Wildman–Crippen MR) is 113 cm³/mol. The lowest BCUT2D eigenvalue weighted by Gasteiger charge is -2.19. The SMILES string of the molecule is C[C@H](NC(=O)c1ccc(C(C)(C)C)cc1)C(=O)OCC(=O)Nc1ccccc1C#N. The summed E-state index contributed by atoms with van der Waals surface area (Å²) in [6.07, 6.45) is 0. The fourth-order valence-electron chi connectivity index (χ4n) is 2.60. The number of esters is 1. The maximum atomic E-state index is 12.3. The van der Waals surface area contributed by atoms with E-state index in [9.17, 15) is 14.4 Å². The van der Waals surface area contributed by atoms with Crippen molar-refractivity contribution in [2.45, 2.75) is 39.2 Å². The van der Waals surface area contributed by atoms with E-state index in [2.05, 4.69) is 31.4 Å². The first-order valence-electron chi connectivity index (χ1n) is 9.49. The van der Waals surface area contributed by atoms with Crippen LogP contribution < -0.4 is 10.6 Å². The highest BCUT2D eigenvalue weighted by atomic mass is 16.5. The Labute approximate surface area is 176 Å². The van der Waals surface area contributed by atoms with Crippen LogP contribution in [-0.4, -0.2) is 30.4 Å². The number of amides is 2. The number of benzene rings is 2. The molecule has 2 N–H and O–H groups in total. The van der Waals surface area contributed by atoms with Gasteiger partial charge >= 0.3 is 5.97 Å². The van der Waals surface area contributed by atoms with Crippen molar-refractivity contribution in [1.29, 1.82) is 5.26 Å². The Morgan fingerprint density at radius 1 is 1.07 bits per heavy atom. The van der Waals surface area contributed by atoms with Gasteiger partial charge in [0.05, 0.1) is 11.3 Å². The molecule has 0 aromatic heterocycles. The van der Waals surface area contributed by atoms with Gasteiger partial charge in [0.15, 0.2) is 6.61 Å². The Balaban J connectivity index is 1.86. The van der Waals surface area contributed by atoms with Crippen LogP contribution in [0, 0.1) is 11.3 Å². The molecule has 0 heterocycles. The molecule has 156 valence electrons. The zero-order chi connectivity index (χ0) is 22.3. The fraction of sp³-hybridized carbons (Fsp3) is 0.304. The molecule has 2 aromatic carbocycles. The molecule has 0 bridgehead atoms. The summed E-state index contributed by atoms with van der Waals surface area (Å²) in [6.45, 7) is 7.19. The lowest BCUT2D eigenvalue weighted by Crippen LogP contribution is -2.40. The number of carbonyl (C=O) groups excluding carboxylic acids is 3. The number of para-hydroxylation sites is 1. The largest absolute Gasteiger partial charge is 0.454 e. The first-order valence-corrected chi connectivity index (χ1v) is 9.49. The van der Waals surface area contributed by atoms with E-state index >= 15 is 0 Å². The molecule has 0 saturated heterocycles. The summed E-state index contributed by atoms with van der Waals surface area (Å²) in [7, 11) is 0. The van der Waals surface area contributed by atoms with Crippen LogP contribution in [-0.2, 0) is 19.7 Å². The number of carbonyl (C=O) groups is 3. The van der Waals surface area contributed by atoms with Gasteiger partial charge in [-0.3, -0.25) is 9.59 Å². The number of ether oxygens (including phenoxy) is 1. The number of hydrogen-bond acceptors (Lipinski definition) is 5. The predicted octanol–water partition coefficient (Wildman–Crippen LogP) is 3.16. The first-order chi connectivity index (χ1) is 14.1. The van der Waals surface area contributed by atoms with Gasteiger partial charge in [0.1, 0.15) is 12.1 Å². The topological polar surface area (TPSA) is 108 Å². The number of anilines is 1. The smallest absolute Gasteiger partial charge is 0.328 e. The zero-order valence-electron chi connectivity index (χ0n) is 17.5. The van der Waals surface area contributed by atoms with Crippen LogP contribution in [0.5, 0.6) is 0 Å². The minimum Gasteiger partial charge on any atom is -0.454 e. The van der Waals surface area contributed by atoms with Crippen molar-refractivity contribution in [2.75, 3.05) is 11.9 Å². The van der Waals surface area contributed by atoms with Crippen LogP contribution in [0.1, 0.15) is 49.2 Å². The average molecular weight is 407 g/mol. The number of nitrogens with zero attached hydrogens (tertiary/aromatic N) is 1. The average Bonchev–Trinajstić information content (AvgIpc) is 2.71. The second-order valence-corrected chi connectivity index (χ2v) is 7.84. The van der Waals surface area contributed by atoms with E-state index in [4.69, 9.17) is 10.00 Å². The van der Waals surface area contributed by atoms with Gasteiger partial charge < -0.3 is 15.4 Å². The van der Waals surface area contributed by atoms with Crippen LogP contribution >= 0.6 is 0 Å². The molecule has 1 atom stereocenters. The Morgan fingerprint density at radius 2 is 1.70 bits per heavy atom. The molecule has 0 fully saturated rings. The first kappa shape index (κ1) is 22.6. The third kappa shape index (κ3) is 6.17. The summed E-state index contributed by atoms with van der Waals surface area (Å²) in [5.74, 6) is -1.73. The van der Waals surface area contributed by atoms with E-state index in [1.807, 2.05) is 18.2 Å². The number of nitrogens with one attached hydrogen (secondary N) is 2. The Hall–Kier alpha value is -3.66. The minimum atomic E-state index is -0.931. The van der Waals surface area contributed by atoms with E-state index in [1.165, 1.54) is 6.92 Å². The highest BCUT2D eigenvalue weighted by Crippen LogP contribution is 2.22. The summed E-state index contributed by atoms with van der Waals surface area (Å²) >= 11 is 0. The van der Waals surface area contributed by atoms with Crippen LogP contribution in [0.2, 0.25) is 0 Å². The van der Waals surface area contributed by atoms with Gasteiger partial charge in [0, 0.05) is 5.56 Å². The summed E-state index contributed by atoms with van der Waals surface area (Å²) in [4.78, 5) is 36.4. The van der Waals surface area contributed by atoms with Gasteiger partial charge in [-0.05, 0) is 42.2 Å². The molecule has 0 saturated carbocycles. The Morgan fingerprint density at radius 3 is 2.30 bits per heavy atom. The molecular formula is C23H25N3O4. The van der Waals surface area contributed by atoms with Gasteiger partial charge in [0.25, 0.3) is 11.8 Å². The lowest BCUT2D eigenvalue weighted by molar-refractivity contribution is -0.148. The van der Waals surface area contributed by atoms with Crippen molar-refractivity contribution in [3.8, 4) is 6.07 Å². The molecule has 7 nitrogen and oxygen atoms in total. The molecule has 7 heteroatoms. The van der Waals surface area contributed by atoms with E-state index in [0.717, 1.165) is 5.56 Å². The molecule has 0 aliphatic heterocycles. The van der Waals surface area contributed by atoms with Crippen LogP contribution in [0.3, 0.4) is 0 Å². The third-order valence-corrected chi connectivity index (χ3v) is 4.38.